The topological polar surface area (TPSA) is 17.1 Å². The van der Waals surface area contributed by atoms with Crippen molar-refractivity contribution < 1.29 is 4.79 Å². The van der Waals surface area contributed by atoms with Gasteiger partial charge in [0, 0.05) is 5.41 Å². The average molecular weight is 142 g/mol. The van der Waals surface area contributed by atoms with Crippen LogP contribution in [0.25, 0.3) is 0 Å². The van der Waals surface area contributed by atoms with Crippen LogP contribution in [-0.4, -0.2) is 5.78 Å². The average Bonchev–Trinajstić information content (AvgIpc) is 1.92. The zero-order chi connectivity index (χ0) is 8.20. The van der Waals surface area contributed by atoms with Crippen LogP contribution >= 0.6 is 0 Å². The van der Waals surface area contributed by atoms with Gasteiger partial charge >= 0.3 is 0 Å². The number of hydrogen-bond donors (Lipinski definition) is 0. The molecule has 0 radical (unpaired) electrons. The summed E-state index contributed by atoms with van der Waals surface area (Å²) in [6, 6.07) is 0. The predicted molar refractivity (Wildman–Crippen MR) is 44.0 cm³/mol. The molecule has 60 valence electrons. The molecule has 1 heteroatoms. The molecular weight excluding hydrogens is 124 g/mol. The highest BCUT2D eigenvalue weighted by Gasteiger charge is 2.28. The van der Waals surface area contributed by atoms with Crippen LogP contribution in [0.15, 0.2) is 0 Å². The first-order valence-corrected chi connectivity index (χ1v) is 4.14. The predicted octanol–water partition coefficient (Wildman–Crippen LogP) is 2.79. The van der Waals surface area contributed by atoms with E-state index < -0.39 is 0 Å². The van der Waals surface area contributed by atoms with Crippen molar-refractivity contribution in [3.63, 3.8) is 0 Å². The van der Waals surface area contributed by atoms with E-state index in [-0.39, 0.29) is 5.41 Å². The van der Waals surface area contributed by atoms with Gasteiger partial charge in [0.1, 0.15) is 5.78 Å². The van der Waals surface area contributed by atoms with Crippen molar-refractivity contribution in [1.29, 1.82) is 0 Å². The molecule has 1 nitrogen and oxygen atoms in total. The summed E-state index contributed by atoms with van der Waals surface area (Å²) in [4.78, 5) is 11.2. The Labute approximate surface area is 63.8 Å². The number of hydrogen-bond acceptors (Lipinski definition) is 1. The molecule has 0 aliphatic rings. The molecule has 0 aromatic heterocycles. The largest absolute Gasteiger partial charge is 0.299 e. The monoisotopic (exact) mass is 142 g/mol. The molecule has 0 aliphatic carbocycles. The zero-order valence-corrected chi connectivity index (χ0v) is 7.53. The van der Waals surface area contributed by atoms with Gasteiger partial charge in [0.2, 0.25) is 0 Å². The third kappa shape index (κ3) is 1.59. The molecule has 0 saturated heterocycles. The van der Waals surface area contributed by atoms with Crippen LogP contribution in [0.2, 0.25) is 0 Å². The third-order valence-electron chi connectivity index (χ3n) is 2.78. The fraction of sp³-hybridized carbons (Fsp3) is 0.889. The van der Waals surface area contributed by atoms with Crippen LogP contribution < -0.4 is 0 Å². The standard InChI is InChI=1S/C9H18O/c1-5-9(6-2,7-3)8(4)10/h5-7H2,1-4H3. The first-order chi connectivity index (χ1) is 4.63. The smallest absolute Gasteiger partial charge is 0.135 e. The van der Waals surface area contributed by atoms with E-state index in [0.29, 0.717) is 5.78 Å². The van der Waals surface area contributed by atoms with Crippen LogP contribution in [-0.2, 0) is 4.79 Å². The van der Waals surface area contributed by atoms with E-state index >= 15 is 0 Å². The Hall–Kier alpha value is -0.330. The van der Waals surface area contributed by atoms with Crippen molar-refractivity contribution in [3.8, 4) is 0 Å². The van der Waals surface area contributed by atoms with Crippen LogP contribution in [0.1, 0.15) is 47.0 Å². The van der Waals surface area contributed by atoms with Crippen LogP contribution in [0, 0.1) is 5.41 Å². The fourth-order valence-corrected chi connectivity index (χ4v) is 1.50. The van der Waals surface area contributed by atoms with E-state index in [9.17, 15) is 4.79 Å². The van der Waals surface area contributed by atoms with Gasteiger partial charge in [-0.05, 0) is 26.2 Å². The molecule has 0 amide bonds. The molecule has 0 bridgehead atoms. The second kappa shape index (κ2) is 3.75. The Morgan fingerprint density at radius 2 is 1.40 bits per heavy atom. The van der Waals surface area contributed by atoms with Gasteiger partial charge in [-0.3, -0.25) is 4.79 Å². The summed E-state index contributed by atoms with van der Waals surface area (Å²) in [5.41, 5.74) is -0.0139. The highest BCUT2D eigenvalue weighted by molar-refractivity contribution is 5.82. The summed E-state index contributed by atoms with van der Waals surface area (Å²) in [7, 11) is 0. The lowest BCUT2D eigenvalue weighted by atomic mass is 9.77. The van der Waals surface area contributed by atoms with E-state index in [1.807, 2.05) is 0 Å². The normalized spacial score (nSPS) is 11.6. The number of rotatable bonds is 4. The minimum atomic E-state index is -0.0139. The van der Waals surface area contributed by atoms with Gasteiger partial charge in [-0.15, -0.1) is 0 Å². The Bertz CT molecular complexity index is 104. The van der Waals surface area contributed by atoms with Gasteiger partial charge in [0.05, 0.1) is 0 Å². The highest BCUT2D eigenvalue weighted by Crippen LogP contribution is 2.30. The summed E-state index contributed by atoms with van der Waals surface area (Å²) in [6.45, 7) is 7.98. The second-order valence-corrected chi connectivity index (χ2v) is 2.90. The first kappa shape index (κ1) is 9.67. The van der Waals surface area contributed by atoms with Crippen molar-refractivity contribution in [3.05, 3.63) is 0 Å². The van der Waals surface area contributed by atoms with Crippen molar-refractivity contribution in [1.82, 2.24) is 0 Å². The Kier molecular flexibility index (Phi) is 3.62. The number of Topliss-reactive ketones (excluding diaryl/α,β-unsaturated/α-hetero) is 1. The number of carbonyl (C=O) groups is 1. The molecule has 0 unspecified atom stereocenters. The Balaban J connectivity index is 4.31. The van der Waals surface area contributed by atoms with Crippen LogP contribution in [0.4, 0.5) is 0 Å². The lowest BCUT2D eigenvalue weighted by molar-refractivity contribution is -0.127. The molecule has 0 spiro atoms. The second-order valence-electron chi connectivity index (χ2n) is 2.90. The summed E-state index contributed by atoms with van der Waals surface area (Å²) in [5, 5.41) is 0. The SMILES string of the molecule is CCC(CC)(CC)C(C)=O. The number of carbonyl (C=O) groups excluding carboxylic acids is 1. The van der Waals surface area contributed by atoms with Crippen LogP contribution in [0.5, 0.6) is 0 Å². The molecule has 0 atom stereocenters. The van der Waals surface area contributed by atoms with Gasteiger partial charge in [-0.25, -0.2) is 0 Å². The summed E-state index contributed by atoms with van der Waals surface area (Å²) in [5.74, 6) is 0.347. The number of ketones is 1. The maximum absolute atomic E-state index is 11.2. The van der Waals surface area contributed by atoms with Crippen molar-refractivity contribution in [2.45, 2.75) is 47.0 Å². The Morgan fingerprint density at radius 1 is 1.10 bits per heavy atom. The van der Waals surface area contributed by atoms with E-state index in [1.54, 1.807) is 6.92 Å². The van der Waals surface area contributed by atoms with Gasteiger partial charge in [-0.2, -0.15) is 0 Å². The highest BCUT2D eigenvalue weighted by atomic mass is 16.1. The van der Waals surface area contributed by atoms with Gasteiger partial charge in [-0.1, -0.05) is 20.8 Å². The molecular formula is C9H18O. The molecule has 0 N–H and O–H groups in total. The first-order valence-electron chi connectivity index (χ1n) is 4.14. The van der Waals surface area contributed by atoms with E-state index in [4.69, 9.17) is 0 Å². The molecule has 0 aliphatic heterocycles. The lowest BCUT2D eigenvalue weighted by Crippen LogP contribution is -2.26. The summed E-state index contributed by atoms with van der Waals surface area (Å²) in [6.07, 6.45) is 2.94. The van der Waals surface area contributed by atoms with Gasteiger partial charge < -0.3 is 0 Å². The molecule has 0 heterocycles. The van der Waals surface area contributed by atoms with Crippen molar-refractivity contribution in [2.24, 2.45) is 5.41 Å². The van der Waals surface area contributed by atoms with Gasteiger partial charge in [0.15, 0.2) is 0 Å². The van der Waals surface area contributed by atoms with Crippen molar-refractivity contribution in [2.75, 3.05) is 0 Å². The summed E-state index contributed by atoms with van der Waals surface area (Å²) >= 11 is 0. The summed E-state index contributed by atoms with van der Waals surface area (Å²) < 4.78 is 0. The minimum Gasteiger partial charge on any atom is -0.299 e. The zero-order valence-electron chi connectivity index (χ0n) is 7.53. The lowest BCUT2D eigenvalue weighted by Gasteiger charge is -2.26. The van der Waals surface area contributed by atoms with E-state index in [1.165, 1.54) is 0 Å². The molecule has 10 heavy (non-hydrogen) atoms. The molecule has 0 rings (SSSR count). The minimum absolute atomic E-state index is 0.0139. The Morgan fingerprint density at radius 3 is 1.40 bits per heavy atom. The maximum atomic E-state index is 11.2. The molecule has 0 aromatic rings. The maximum Gasteiger partial charge on any atom is 0.135 e. The van der Waals surface area contributed by atoms with E-state index in [0.717, 1.165) is 19.3 Å². The van der Waals surface area contributed by atoms with Crippen molar-refractivity contribution >= 4 is 5.78 Å². The fourth-order valence-electron chi connectivity index (χ4n) is 1.50. The van der Waals surface area contributed by atoms with E-state index in [2.05, 4.69) is 20.8 Å². The molecule has 0 aromatic carbocycles. The van der Waals surface area contributed by atoms with Gasteiger partial charge in [0.25, 0.3) is 0 Å². The molecule has 0 fully saturated rings. The quantitative estimate of drug-likeness (QED) is 0.590. The third-order valence-corrected chi connectivity index (χ3v) is 2.78. The molecule has 0 saturated carbocycles. The van der Waals surface area contributed by atoms with Crippen LogP contribution in [0.3, 0.4) is 0 Å².